The summed E-state index contributed by atoms with van der Waals surface area (Å²) >= 11 is 0. The van der Waals surface area contributed by atoms with Crippen molar-refractivity contribution in [2.24, 2.45) is 0 Å². The van der Waals surface area contributed by atoms with Crippen LogP contribution in [0.2, 0.25) is 0 Å². The van der Waals surface area contributed by atoms with Crippen molar-refractivity contribution in [2.45, 2.75) is 33.1 Å². The van der Waals surface area contributed by atoms with Crippen LogP contribution in [0, 0.1) is 0 Å². The molecule has 88 valence electrons. The van der Waals surface area contributed by atoms with E-state index in [0.29, 0.717) is 5.75 Å². The fraction of sp³-hybridized carbons (Fsp3) is 0.429. The molecular formula is C14H20O2. The minimum absolute atomic E-state index is 0.122. The van der Waals surface area contributed by atoms with Gasteiger partial charge in [0, 0.05) is 11.1 Å². The van der Waals surface area contributed by atoms with E-state index in [2.05, 4.69) is 27.4 Å². The molecule has 0 heterocycles. The lowest BCUT2D eigenvalue weighted by molar-refractivity contribution is 0.405. The first-order valence-electron chi connectivity index (χ1n) is 5.34. The Morgan fingerprint density at radius 3 is 2.25 bits per heavy atom. The van der Waals surface area contributed by atoms with E-state index in [0.717, 1.165) is 22.4 Å². The Labute approximate surface area is 97.6 Å². The van der Waals surface area contributed by atoms with E-state index in [1.165, 1.54) is 0 Å². The molecular weight excluding hydrogens is 200 g/mol. The number of hydrogen-bond acceptors (Lipinski definition) is 2. The highest BCUT2D eigenvalue weighted by Crippen LogP contribution is 2.38. The third-order valence-electron chi connectivity index (χ3n) is 2.59. The monoisotopic (exact) mass is 220 g/mol. The summed E-state index contributed by atoms with van der Waals surface area (Å²) in [5.74, 6) is 1.06. The Bertz CT molecular complexity index is 411. The summed E-state index contributed by atoms with van der Waals surface area (Å²) in [4.78, 5) is 0. The zero-order valence-electron chi connectivity index (χ0n) is 10.7. The molecule has 0 saturated carbocycles. The maximum absolute atomic E-state index is 10.2. The largest absolute Gasteiger partial charge is 0.507 e. The van der Waals surface area contributed by atoms with Gasteiger partial charge < -0.3 is 9.84 Å². The van der Waals surface area contributed by atoms with Gasteiger partial charge in [0.1, 0.15) is 11.5 Å². The molecule has 1 aromatic rings. The van der Waals surface area contributed by atoms with Crippen molar-refractivity contribution in [1.29, 1.82) is 0 Å². The zero-order chi connectivity index (χ0) is 12.5. The van der Waals surface area contributed by atoms with Gasteiger partial charge in [0.2, 0.25) is 0 Å². The Morgan fingerprint density at radius 1 is 1.31 bits per heavy atom. The maximum atomic E-state index is 10.2. The first kappa shape index (κ1) is 12.6. The lowest BCUT2D eigenvalue weighted by Crippen LogP contribution is -2.12. The second-order valence-corrected chi connectivity index (χ2v) is 5.10. The van der Waals surface area contributed by atoms with Gasteiger partial charge in [-0.05, 0) is 30.0 Å². The van der Waals surface area contributed by atoms with E-state index in [1.807, 2.05) is 19.1 Å². The summed E-state index contributed by atoms with van der Waals surface area (Å²) in [7, 11) is 1.63. The van der Waals surface area contributed by atoms with Crippen LogP contribution in [0.5, 0.6) is 11.5 Å². The number of allylic oxidation sites excluding steroid dienone is 1. The molecule has 0 bridgehead atoms. The molecule has 16 heavy (non-hydrogen) atoms. The number of benzene rings is 1. The van der Waals surface area contributed by atoms with Crippen molar-refractivity contribution in [3.8, 4) is 11.5 Å². The third-order valence-corrected chi connectivity index (χ3v) is 2.59. The zero-order valence-corrected chi connectivity index (χ0v) is 10.7. The maximum Gasteiger partial charge on any atom is 0.127 e. The van der Waals surface area contributed by atoms with E-state index < -0.39 is 0 Å². The molecule has 1 N–H and O–H groups in total. The molecule has 0 unspecified atom stereocenters. The molecule has 2 nitrogen and oxygen atoms in total. The van der Waals surface area contributed by atoms with Gasteiger partial charge in [0.05, 0.1) is 7.11 Å². The molecule has 1 rings (SSSR count). The van der Waals surface area contributed by atoms with E-state index >= 15 is 0 Å². The molecule has 0 aromatic heterocycles. The smallest absolute Gasteiger partial charge is 0.127 e. The number of phenols is 1. The van der Waals surface area contributed by atoms with Gasteiger partial charge in [-0.15, -0.1) is 0 Å². The van der Waals surface area contributed by atoms with Crippen LogP contribution in [0.15, 0.2) is 18.7 Å². The summed E-state index contributed by atoms with van der Waals surface area (Å²) < 4.78 is 5.24. The minimum Gasteiger partial charge on any atom is -0.507 e. The quantitative estimate of drug-likeness (QED) is 0.822. The van der Waals surface area contributed by atoms with Gasteiger partial charge in [-0.2, -0.15) is 0 Å². The summed E-state index contributed by atoms with van der Waals surface area (Å²) in [5.41, 5.74) is 2.35. The fourth-order valence-electron chi connectivity index (χ4n) is 1.62. The average molecular weight is 220 g/mol. The molecule has 0 aliphatic rings. The Kier molecular flexibility index (Phi) is 3.32. The van der Waals surface area contributed by atoms with Crippen LogP contribution < -0.4 is 4.74 Å². The van der Waals surface area contributed by atoms with Crippen molar-refractivity contribution in [1.82, 2.24) is 0 Å². The van der Waals surface area contributed by atoms with Gasteiger partial charge in [-0.25, -0.2) is 0 Å². The van der Waals surface area contributed by atoms with Crippen LogP contribution >= 0.6 is 0 Å². The van der Waals surface area contributed by atoms with Gasteiger partial charge in [0.15, 0.2) is 0 Å². The van der Waals surface area contributed by atoms with Gasteiger partial charge in [0.25, 0.3) is 0 Å². The SMILES string of the molecule is C=C(C)c1cc(OC)cc(C(C)(C)C)c1O. The average Bonchev–Trinajstić information content (AvgIpc) is 2.15. The Balaban J connectivity index is 3.50. The van der Waals surface area contributed by atoms with Crippen LogP contribution in [-0.4, -0.2) is 12.2 Å². The molecule has 1 aromatic carbocycles. The van der Waals surface area contributed by atoms with Crippen LogP contribution in [0.1, 0.15) is 38.8 Å². The predicted octanol–water partition coefficient (Wildman–Crippen LogP) is 3.73. The first-order valence-corrected chi connectivity index (χ1v) is 5.34. The summed E-state index contributed by atoms with van der Waals surface area (Å²) in [6.45, 7) is 11.9. The molecule has 0 spiro atoms. The second-order valence-electron chi connectivity index (χ2n) is 5.10. The van der Waals surface area contributed by atoms with Crippen molar-refractivity contribution in [3.05, 3.63) is 29.8 Å². The minimum atomic E-state index is -0.122. The highest BCUT2D eigenvalue weighted by molar-refractivity contribution is 5.70. The molecule has 0 atom stereocenters. The van der Waals surface area contributed by atoms with Crippen molar-refractivity contribution >= 4 is 5.57 Å². The predicted molar refractivity (Wildman–Crippen MR) is 68.1 cm³/mol. The highest BCUT2D eigenvalue weighted by Gasteiger charge is 2.21. The molecule has 2 heteroatoms. The van der Waals surface area contributed by atoms with Crippen molar-refractivity contribution in [3.63, 3.8) is 0 Å². The Morgan fingerprint density at radius 2 is 1.88 bits per heavy atom. The summed E-state index contributed by atoms with van der Waals surface area (Å²) in [5, 5.41) is 10.2. The fourth-order valence-corrected chi connectivity index (χ4v) is 1.62. The van der Waals surface area contributed by atoms with E-state index in [1.54, 1.807) is 7.11 Å². The van der Waals surface area contributed by atoms with Crippen LogP contribution in [0.3, 0.4) is 0 Å². The normalized spacial score (nSPS) is 11.3. The Hall–Kier alpha value is -1.44. The van der Waals surface area contributed by atoms with E-state index in [9.17, 15) is 5.11 Å². The first-order chi connectivity index (χ1) is 7.27. The molecule has 0 amide bonds. The van der Waals surface area contributed by atoms with Gasteiger partial charge in [-0.3, -0.25) is 0 Å². The number of methoxy groups -OCH3 is 1. The highest BCUT2D eigenvalue weighted by atomic mass is 16.5. The lowest BCUT2D eigenvalue weighted by atomic mass is 9.84. The van der Waals surface area contributed by atoms with Gasteiger partial charge in [-0.1, -0.05) is 27.4 Å². The number of ether oxygens (including phenoxy) is 1. The standard InChI is InChI=1S/C14H20O2/c1-9(2)11-7-10(16-6)8-12(13(11)15)14(3,4)5/h7-8,15H,1H2,2-6H3. The molecule has 0 radical (unpaired) electrons. The van der Waals surface area contributed by atoms with Crippen LogP contribution in [-0.2, 0) is 5.41 Å². The van der Waals surface area contributed by atoms with E-state index in [-0.39, 0.29) is 5.41 Å². The van der Waals surface area contributed by atoms with Crippen molar-refractivity contribution in [2.75, 3.05) is 7.11 Å². The van der Waals surface area contributed by atoms with Gasteiger partial charge >= 0.3 is 0 Å². The third kappa shape index (κ3) is 2.38. The lowest BCUT2D eigenvalue weighted by Gasteiger charge is -2.23. The molecule has 0 aliphatic carbocycles. The summed E-state index contributed by atoms with van der Waals surface area (Å²) in [6, 6.07) is 3.69. The van der Waals surface area contributed by atoms with E-state index in [4.69, 9.17) is 4.74 Å². The van der Waals surface area contributed by atoms with Crippen LogP contribution in [0.25, 0.3) is 5.57 Å². The number of aromatic hydroxyl groups is 1. The topological polar surface area (TPSA) is 29.5 Å². The molecule has 0 aliphatic heterocycles. The number of rotatable bonds is 2. The number of hydrogen-bond donors (Lipinski definition) is 1. The summed E-state index contributed by atoms with van der Waals surface area (Å²) in [6.07, 6.45) is 0. The molecule has 0 fully saturated rings. The van der Waals surface area contributed by atoms with Crippen LogP contribution in [0.4, 0.5) is 0 Å². The second kappa shape index (κ2) is 4.20. The number of phenolic OH excluding ortho intramolecular Hbond substituents is 1. The molecule has 0 saturated heterocycles. The van der Waals surface area contributed by atoms with Crippen molar-refractivity contribution < 1.29 is 9.84 Å².